The zero-order chi connectivity index (χ0) is 6.85. The molecule has 1 aliphatic heterocycles. The molecule has 1 heterocycles. The summed E-state index contributed by atoms with van der Waals surface area (Å²) in [6, 6.07) is 0. The summed E-state index contributed by atoms with van der Waals surface area (Å²) < 4.78 is 0. The van der Waals surface area contributed by atoms with Crippen molar-refractivity contribution >= 4 is 5.91 Å². The lowest BCUT2D eigenvalue weighted by Crippen LogP contribution is -2.38. The van der Waals surface area contributed by atoms with Crippen molar-refractivity contribution in [2.75, 3.05) is 0 Å². The summed E-state index contributed by atoms with van der Waals surface area (Å²) in [6.45, 7) is 0. The fourth-order valence-corrected chi connectivity index (χ4v) is 0.400. The molecule has 3 N–H and O–H groups in total. The maximum atomic E-state index is 10.4. The third-order valence-corrected chi connectivity index (χ3v) is 0.864. The van der Waals surface area contributed by atoms with Crippen molar-refractivity contribution in [3.8, 4) is 6.19 Å². The molecule has 0 aliphatic carbocycles. The van der Waals surface area contributed by atoms with Gasteiger partial charge in [-0.25, -0.2) is 5.48 Å². The summed E-state index contributed by atoms with van der Waals surface area (Å²) in [4.78, 5) is 14.7. The quantitative estimate of drug-likeness (QED) is 0.369. The van der Waals surface area contributed by atoms with Crippen LogP contribution in [0.25, 0.3) is 0 Å². The van der Waals surface area contributed by atoms with E-state index in [0.29, 0.717) is 5.06 Å². The molecule has 0 saturated carbocycles. The first-order valence-corrected chi connectivity index (χ1v) is 2.17. The maximum absolute atomic E-state index is 10.4. The second-order valence-corrected chi connectivity index (χ2v) is 1.43. The topological polar surface area (TPSA) is 91.4 Å². The van der Waals surface area contributed by atoms with Crippen LogP contribution in [-0.2, 0) is 9.73 Å². The molecule has 1 rings (SSSR count). The molecule has 0 bridgehead atoms. The van der Waals surface area contributed by atoms with E-state index < -0.39 is 12.1 Å². The Morgan fingerprint density at radius 2 is 2.67 bits per heavy atom. The molecule has 0 aromatic carbocycles. The Morgan fingerprint density at radius 3 is 2.89 bits per heavy atom. The second kappa shape index (κ2) is 1.89. The van der Waals surface area contributed by atoms with E-state index in [1.807, 2.05) is 5.48 Å². The van der Waals surface area contributed by atoms with E-state index in [2.05, 4.69) is 4.94 Å². The molecular weight excluding hydrogens is 124 g/mol. The van der Waals surface area contributed by atoms with E-state index in [9.17, 15) is 4.79 Å². The van der Waals surface area contributed by atoms with Crippen LogP contribution in [0.4, 0.5) is 0 Å². The molecule has 48 valence electrons. The Balaban J connectivity index is 2.64. The first-order valence-electron chi connectivity index (χ1n) is 2.17. The number of nitrogens with one attached hydrogen (secondary N) is 1. The van der Waals surface area contributed by atoms with E-state index >= 15 is 0 Å². The van der Waals surface area contributed by atoms with Crippen LogP contribution in [0.3, 0.4) is 0 Å². The number of carbonyl (C=O) groups is 1. The first-order chi connectivity index (χ1) is 4.25. The van der Waals surface area contributed by atoms with E-state index in [1.54, 1.807) is 6.19 Å². The zero-order valence-electron chi connectivity index (χ0n) is 4.37. The van der Waals surface area contributed by atoms with Crippen molar-refractivity contribution in [3.63, 3.8) is 0 Å². The van der Waals surface area contributed by atoms with Gasteiger partial charge in [0.05, 0.1) is 0 Å². The number of amides is 1. The van der Waals surface area contributed by atoms with Crippen molar-refractivity contribution in [3.05, 3.63) is 0 Å². The van der Waals surface area contributed by atoms with Crippen molar-refractivity contribution in [1.82, 2.24) is 10.5 Å². The smallest absolute Gasteiger partial charge is 0.286 e. The highest BCUT2D eigenvalue weighted by Gasteiger charge is 2.29. The van der Waals surface area contributed by atoms with Crippen LogP contribution in [0.2, 0.25) is 0 Å². The van der Waals surface area contributed by atoms with Crippen LogP contribution >= 0.6 is 0 Å². The minimum absolute atomic E-state index is 0.517. The molecule has 1 unspecified atom stereocenters. The third-order valence-electron chi connectivity index (χ3n) is 0.864. The Labute approximate surface area is 50.7 Å². The molecule has 6 nitrogen and oxygen atoms in total. The molecule has 0 aromatic rings. The summed E-state index contributed by atoms with van der Waals surface area (Å²) >= 11 is 0. The molecule has 1 fully saturated rings. The van der Waals surface area contributed by atoms with Gasteiger partial charge in [-0.2, -0.15) is 5.26 Å². The highest BCUT2D eigenvalue weighted by molar-refractivity contribution is 5.81. The number of nitrogens with two attached hydrogens (primary N) is 1. The number of nitriles is 1. The van der Waals surface area contributed by atoms with Crippen molar-refractivity contribution in [1.29, 1.82) is 5.26 Å². The predicted octanol–water partition coefficient (Wildman–Crippen LogP) is -1.97. The van der Waals surface area contributed by atoms with Crippen LogP contribution in [0.1, 0.15) is 0 Å². The highest BCUT2D eigenvalue weighted by Crippen LogP contribution is 1.97. The van der Waals surface area contributed by atoms with Gasteiger partial charge in [0.15, 0.2) is 6.17 Å². The molecule has 1 saturated heterocycles. The monoisotopic (exact) mass is 128 g/mol. The lowest BCUT2D eigenvalue weighted by atomic mass is 10.5. The van der Waals surface area contributed by atoms with Crippen molar-refractivity contribution < 1.29 is 9.73 Å². The summed E-state index contributed by atoms with van der Waals surface area (Å²) in [7, 11) is 0. The molecule has 6 heteroatoms. The molecule has 0 aromatic heterocycles. The molecular formula is C3H4N4O2. The molecule has 1 atom stereocenters. The summed E-state index contributed by atoms with van der Waals surface area (Å²) in [5.41, 5.74) is 7.01. The van der Waals surface area contributed by atoms with Gasteiger partial charge in [0, 0.05) is 0 Å². The van der Waals surface area contributed by atoms with Crippen LogP contribution in [0, 0.1) is 11.5 Å². The van der Waals surface area contributed by atoms with Gasteiger partial charge >= 0.3 is 0 Å². The molecule has 0 radical (unpaired) electrons. The maximum Gasteiger partial charge on any atom is 0.286 e. The number of carbonyl (C=O) groups excluding carboxylic acids is 1. The van der Waals surface area contributed by atoms with Crippen LogP contribution in [0.5, 0.6) is 0 Å². The average Bonchev–Trinajstić information content (AvgIpc) is 2.15. The van der Waals surface area contributed by atoms with Gasteiger partial charge in [-0.05, 0) is 0 Å². The Morgan fingerprint density at radius 1 is 2.00 bits per heavy atom. The Hall–Kier alpha value is -1.32. The van der Waals surface area contributed by atoms with Gasteiger partial charge in [0.1, 0.15) is 0 Å². The number of hydrogen-bond acceptors (Lipinski definition) is 5. The van der Waals surface area contributed by atoms with Gasteiger partial charge in [-0.1, -0.05) is 0 Å². The van der Waals surface area contributed by atoms with Gasteiger partial charge in [0.2, 0.25) is 6.19 Å². The molecule has 1 amide bonds. The van der Waals surface area contributed by atoms with Gasteiger partial charge in [-0.3, -0.25) is 4.79 Å². The van der Waals surface area contributed by atoms with Gasteiger partial charge < -0.3 is 5.73 Å². The lowest BCUT2D eigenvalue weighted by molar-refractivity contribution is -0.138. The number of nitrogens with zero attached hydrogens (tertiary/aromatic N) is 2. The Kier molecular flexibility index (Phi) is 1.22. The SMILES string of the molecule is N#CN1ONC(=O)C1N. The number of hydrogen-bond donors (Lipinski definition) is 2. The van der Waals surface area contributed by atoms with Gasteiger partial charge in [-0.15, -0.1) is 10.0 Å². The minimum Gasteiger partial charge on any atom is -0.301 e. The fraction of sp³-hybridized carbons (Fsp3) is 0.333. The largest absolute Gasteiger partial charge is 0.301 e. The summed E-state index contributed by atoms with van der Waals surface area (Å²) in [5.74, 6) is -0.517. The summed E-state index contributed by atoms with van der Waals surface area (Å²) in [5, 5.41) is 8.80. The molecule has 0 spiro atoms. The van der Waals surface area contributed by atoms with E-state index in [4.69, 9.17) is 11.0 Å². The van der Waals surface area contributed by atoms with E-state index in [1.165, 1.54) is 0 Å². The Bertz CT molecular complexity index is 173. The molecule has 1 aliphatic rings. The number of rotatable bonds is 0. The molecule has 9 heavy (non-hydrogen) atoms. The van der Waals surface area contributed by atoms with Crippen molar-refractivity contribution in [2.45, 2.75) is 6.17 Å². The predicted molar refractivity (Wildman–Crippen MR) is 24.7 cm³/mol. The first kappa shape index (κ1) is 5.81. The summed E-state index contributed by atoms with van der Waals surface area (Å²) in [6.07, 6.45) is 0.542. The van der Waals surface area contributed by atoms with Gasteiger partial charge in [0.25, 0.3) is 5.91 Å². The zero-order valence-corrected chi connectivity index (χ0v) is 4.37. The normalized spacial score (nSPS) is 25.6. The second-order valence-electron chi connectivity index (χ2n) is 1.43. The number of hydroxylamine groups is 3. The van der Waals surface area contributed by atoms with Crippen LogP contribution < -0.4 is 11.2 Å². The fourth-order valence-electron chi connectivity index (χ4n) is 0.400. The standard InChI is InChI=1S/C3H4N4O2/c4-1-7-2(5)3(8)6-9-7/h2H,5H2,(H,6,8). The van der Waals surface area contributed by atoms with Crippen LogP contribution in [-0.4, -0.2) is 17.1 Å². The lowest BCUT2D eigenvalue weighted by Gasteiger charge is -2.03. The third kappa shape index (κ3) is 0.782. The van der Waals surface area contributed by atoms with Crippen molar-refractivity contribution in [2.24, 2.45) is 5.73 Å². The van der Waals surface area contributed by atoms with E-state index in [-0.39, 0.29) is 0 Å². The van der Waals surface area contributed by atoms with Crippen LogP contribution in [0.15, 0.2) is 0 Å². The average molecular weight is 128 g/mol. The highest BCUT2D eigenvalue weighted by atomic mass is 16.8. The van der Waals surface area contributed by atoms with E-state index in [0.717, 1.165) is 0 Å². The minimum atomic E-state index is -1.00.